The van der Waals surface area contributed by atoms with E-state index in [4.69, 9.17) is 0 Å². The first-order valence-corrected chi connectivity index (χ1v) is 46.5. The number of ketones is 17. The van der Waals surface area contributed by atoms with Gasteiger partial charge in [-0.05, 0) is 218 Å². The summed E-state index contributed by atoms with van der Waals surface area (Å²) >= 11 is 0. The molecule has 8 amide bonds. The number of aliphatic hydroxyl groups is 4. The number of hydrogen-bond donors (Lipinski definition) is 12. The van der Waals surface area contributed by atoms with E-state index < -0.39 is 235 Å². The van der Waals surface area contributed by atoms with Crippen molar-refractivity contribution >= 4 is 146 Å². The zero-order chi connectivity index (χ0) is 101. The molecule has 37 nitrogen and oxygen atoms in total. The Labute approximate surface area is 775 Å². The summed E-state index contributed by atoms with van der Waals surface area (Å²) in [5.41, 5.74) is -2.59. The summed E-state index contributed by atoms with van der Waals surface area (Å²) < 4.78 is 0. The Bertz CT molecular complexity index is 3660. The van der Waals surface area contributed by atoms with E-state index in [1.165, 1.54) is 90.0 Å². The Balaban J connectivity index is 7.52. The lowest BCUT2D eigenvalue weighted by Crippen LogP contribution is -2.61. The molecule has 0 aromatic heterocycles. The minimum absolute atomic E-state index is 0.00822. The second-order valence-corrected chi connectivity index (χ2v) is 35.5. The third-order valence-electron chi connectivity index (χ3n) is 23.4. The zero-order valence-electron chi connectivity index (χ0n) is 79.9. The number of aliphatic hydroxyl groups excluding tert-OH is 4. The lowest BCUT2D eigenvalue weighted by molar-refractivity contribution is -0.201. The van der Waals surface area contributed by atoms with Gasteiger partial charge in [0.1, 0.15) is 99.3 Å². The quantitative estimate of drug-likeness (QED) is 0.0329. The van der Waals surface area contributed by atoms with Gasteiger partial charge in [0.05, 0.1) is 54.0 Å². The van der Waals surface area contributed by atoms with Crippen LogP contribution in [0.5, 0.6) is 0 Å². The van der Waals surface area contributed by atoms with Gasteiger partial charge in [0.2, 0.25) is 47.3 Å². The summed E-state index contributed by atoms with van der Waals surface area (Å²) in [4.78, 5) is 320. The molecule has 12 N–H and O–H groups in total. The smallest absolute Gasteiger partial charge is 0.243 e. The zero-order valence-corrected chi connectivity index (χ0v) is 79.9. The molecular formula is C95H150N8O29. The molecule has 0 spiro atoms. The average Bonchev–Trinajstić information content (AvgIpc) is 0.763. The van der Waals surface area contributed by atoms with E-state index in [1.54, 1.807) is 0 Å². The Morgan fingerprint density at radius 1 is 0.182 bits per heavy atom. The SMILES string of the molecule is CC(=O)CCC(NC(=O)C(CCC(C)=O)NC(=O)CCCCCC(=O)CCC(O)C(C(O)CCC(=O)CCCCCC(=O)NC(CCC(C)=O)C(=O)NC(CCC(C)=O)C(C)=O)(C(O)CCC(=O)CCCCCC(=O)NC(CCC(C)=O)C(=O)NC(CCC(C)=O)C(C)=O)C(O)CCC(=O)CCC(CCC(=O)NC(CCC(C)=O)C(=O)NC(CCC(C)=O)C(C)=O)C(C)=O)C(C)=O. The minimum Gasteiger partial charge on any atom is -0.392 e. The molecule has 0 fully saturated rings. The standard InChI is InChI=1S/C95H150N8O29/c1-57(104)29-44-75(66(10)113)100-91(129)79(48-33-61(5)108)96-87(125)26-20-14-17-23-71(117)40-52-83(121)95(84(122)53-41-72(118)24-18-15-21-27-88(126)97-80(49-34-62(6)109)92(130)101-76(67(11)114)45-30-58(2)105,85(123)54-42-73(119)25-19-16-22-28-89(127)98-81(50-35-63(7)110)93(131)102-77(68(12)115)46-31-59(3)106)86(124)55-43-74(120)39-37-70(65(9)112)38-56-90(128)99-82(51-36-64(8)111)94(132)103-78(69(13)116)47-32-60(4)107/h70,75-86,121-124H,14-56H2,1-13H3,(H,96,125)(H,97,126)(H,98,127)(H,99,128)(H,100,129)(H,101,130)(H,102,131)(H,103,132). The lowest BCUT2D eigenvalue weighted by atomic mass is 9.63. The van der Waals surface area contributed by atoms with Gasteiger partial charge in [-0.3, -0.25) is 81.5 Å². The number of nitrogens with one attached hydrogen (secondary N) is 8. The van der Waals surface area contributed by atoms with Crippen molar-refractivity contribution in [1.29, 1.82) is 0 Å². The van der Waals surface area contributed by atoms with Crippen LogP contribution in [0.15, 0.2) is 0 Å². The third kappa shape index (κ3) is 54.9. The van der Waals surface area contributed by atoms with E-state index in [0.717, 1.165) is 0 Å². The molecule has 37 heteroatoms. The van der Waals surface area contributed by atoms with Crippen molar-refractivity contribution in [3.05, 3.63) is 0 Å². The normalized spacial score (nSPS) is 14.6. The van der Waals surface area contributed by atoms with Crippen molar-refractivity contribution < 1.29 is 140 Å². The Kier molecular flexibility index (Phi) is 62.1. The maximum absolute atomic E-state index is 14.1. The van der Waals surface area contributed by atoms with Gasteiger partial charge in [-0.2, -0.15) is 0 Å². The number of rotatable bonds is 81. The van der Waals surface area contributed by atoms with Gasteiger partial charge in [-0.25, -0.2) is 0 Å². The fourth-order valence-corrected chi connectivity index (χ4v) is 15.1. The maximum atomic E-state index is 14.1. The van der Waals surface area contributed by atoms with Crippen LogP contribution in [0.1, 0.15) is 366 Å². The van der Waals surface area contributed by atoms with Crippen molar-refractivity contribution in [1.82, 2.24) is 42.5 Å². The predicted molar refractivity (Wildman–Crippen MR) is 483 cm³/mol. The Morgan fingerprint density at radius 3 is 0.553 bits per heavy atom. The summed E-state index contributed by atoms with van der Waals surface area (Å²) in [5, 5.41) is 71.4. The predicted octanol–water partition coefficient (Wildman–Crippen LogP) is 5.62. The summed E-state index contributed by atoms with van der Waals surface area (Å²) in [6.45, 7) is 16.5. The van der Waals surface area contributed by atoms with Crippen LogP contribution in [0.3, 0.4) is 0 Å². The Morgan fingerprint density at radius 2 is 0.356 bits per heavy atom. The molecule has 0 radical (unpaired) electrons. The topological polar surface area (TPSA) is 604 Å². The third-order valence-corrected chi connectivity index (χ3v) is 23.4. The monoisotopic (exact) mass is 1870 g/mol. The second kappa shape index (κ2) is 67.2. The molecule has 0 aromatic carbocycles. The van der Waals surface area contributed by atoms with Crippen molar-refractivity contribution in [3.8, 4) is 0 Å². The molecule has 0 aromatic rings. The van der Waals surface area contributed by atoms with E-state index in [9.17, 15) is 140 Å². The second-order valence-electron chi connectivity index (χ2n) is 35.5. The van der Waals surface area contributed by atoms with Gasteiger partial charge in [-0.15, -0.1) is 0 Å². The van der Waals surface area contributed by atoms with Crippen molar-refractivity contribution in [3.63, 3.8) is 0 Å². The molecule has 0 rings (SSSR count). The minimum atomic E-state index is -2.59. The van der Waals surface area contributed by atoms with Crippen LogP contribution < -0.4 is 42.5 Å². The highest BCUT2D eigenvalue weighted by molar-refractivity contribution is 5.97. The van der Waals surface area contributed by atoms with E-state index in [-0.39, 0.29) is 271 Å². The van der Waals surface area contributed by atoms with Gasteiger partial charge in [-0.1, -0.05) is 19.3 Å². The summed E-state index contributed by atoms with van der Waals surface area (Å²) in [6, 6.07) is -9.20. The molecule has 0 aliphatic carbocycles. The highest BCUT2D eigenvalue weighted by Crippen LogP contribution is 2.43. The van der Waals surface area contributed by atoms with Gasteiger partial charge >= 0.3 is 0 Å². The maximum Gasteiger partial charge on any atom is 0.243 e. The number of Topliss-reactive ketones (excluding diaryl/α,β-unsaturated/α-hetero) is 17. The molecule has 132 heavy (non-hydrogen) atoms. The molecule has 0 saturated carbocycles. The molecule has 13 atom stereocenters. The molecule has 13 unspecified atom stereocenters. The molecule has 0 aliphatic rings. The first-order valence-electron chi connectivity index (χ1n) is 46.5. The van der Waals surface area contributed by atoms with Crippen LogP contribution in [-0.2, 0) is 120 Å². The van der Waals surface area contributed by atoms with Crippen LogP contribution in [0.2, 0.25) is 0 Å². The lowest BCUT2D eigenvalue weighted by Gasteiger charge is -2.48. The van der Waals surface area contributed by atoms with E-state index in [0.29, 0.717) is 0 Å². The van der Waals surface area contributed by atoms with Gasteiger partial charge in [0.15, 0.2) is 23.1 Å². The first kappa shape index (κ1) is 122. The highest BCUT2D eigenvalue weighted by Gasteiger charge is 2.55. The van der Waals surface area contributed by atoms with Crippen LogP contribution in [0, 0.1) is 11.3 Å². The van der Waals surface area contributed by atoms with Crippen LogP contribution in [-0.4, -0.2) is 239 Å². The molecule has 744 valence electrons. The van der Waals surface area contributed by atoms with Gasteiger partial charge in [0, 0.05) is 134 Å². The Hall–Kier alpha value is -10.0. The van der Waals surface area contributed by atoms with E-state index >= 15 is 0 Å². The van der Waals surface area contributed by atoms with Crippen molar-refractivity contribution in [2.45, 2.75) is 439 Å². The van der Waals surface area contributed by atoms with Gasteiger partial charge < -0.3 is 101 Å². The van der Waals surface area contributed by atoms with Crippen LogP contribution in [0.25, 0.3) is 0 Å². The molecule has 0 aliphatic heterocycles. The van der Waals surface area contributed by atoms with Crippen LogP contribution in [0.4, 0.5) is 0 Å². The average molecular weight is 1870 g/mol. The fraction of sp³-hybridized carbons (Fsp3) is 0.737. The summed E-state index contributed by atoms with van der Waals surface area (Å²) in [5.74, 6) is -12.9. The summed E-state index contributed by atoms with van der Waals surface area (Å²) in [6.07, 6.45) is -13.9. The van der Waals surface area contributed by atoms with Crippen molar-refractivity contribution in [2.24, 2.45) is 11.3 Å². The number of unbranched alkanes of at least 4 members (excludes halogenated alkanes) is 6. The number of carbonyl (C=O) groups excluding carboxylic acids is 25. The molecule has 0 bridgehead atoms. The molecular weight excluding hydrogens is 1720 g/mol. The van der Waals surface area contributed by atoms with Crippen LogP contribution >= 0.6 is 0 Å². The van der Waals surface area contributed by atoms with Crippen molar-refractivity contribution in [2.75, 3.05) is 0 Å². The first-order chi connectivity index (χ1) is 61.8. The highest BCUT2D eigenvalue weighted by atomic mass is 16.3. The largest absolute Gasteiger partial charge is 0.392 e. The molecule has 0 heterocycles. The number of hydrogen-bond acceptors (Lipinski definition) is 29. The number of amides is 8. The molecule has 0 saturated heterocycles. The van der Waals surface area contributed by atoms with E-state index in [1.807, 2.05) is 0 Å². The van der Waals surface area contributed by atoms with Gasteiger partial charge in [0.25, 0.3) is 0 Å². The fourth-order valence-electron chi connectivity index (χ4n) is 15.1. The number of carbonyl (C=O) groups is 25. The summed E-state index contributed by atoms with van der Waals surface area (Å²) in [7, 11) is 0. The van der Waals surface area contributed by atoms with E-state index in [2.05, 4.69) is 42.5 Å².